The van der Waals surface area contributed by atoms with Crippen LogP contribution >= 0.6 is 0 Å². The fraction of sp³-hybridized carbons (Fsp3) is 0. The zero-order valence-corrected chi connectivity index (χ0v) is 18.5. The maximum atomic E-state index is 0. The summed E-state index contributed by atoms with van der Waals surface area (Å²) < 4.78 is 0. The SMILES string of the molecule is [Cl-].[Cl-].[Cl-].[Cl-].[Cl-].[Cl-].[Cl-].[Cl-].[Cl-].[Cl-].[Cl-].[Mo+6].[Ta+5]. The molecule has 0 amide bonds. The minimum atomic E-state index is 0. The van der Waals surface area contributed by atoms with Crippen LogP contribution in [0, 0.1) is 0 Å². The molecule has 0 unspecified atom stereocenters. The number of hydrogen-bond donors (Lipinski definition) is 0. The molecule has 0 saturated heterocycles. The second kappa shape index (κ2) is 190. The van der Waals surface area contributed by atoms with Crippen LogP contribution in [0.4, 0.5) is 0 Å². The van der Waals surface area contributed by atoms with Crippen molar-refractivity contribution in [2.45, 2.75) is 0 Å². The van der Waals surface area contributed by atoms with Gasteiger partial charge in [-0.3, -0.25) is 0 Å². The Morgan fingerprint density at radius 2 is 0.231 bits per heavy atom. The molecule has 13 heavy (non-hydrogen) atoms. The van der Waals surface area contributed by atoms with Crippen LogP contribution in [-0.2, 0) is 43.4 Å². The van der Waals surface area contributed by atoms with Crippen LogP contribution in [0.25, 0.3) is 0 Å². The van der Waals surface area contributed by atoms with Gasteiger partial charge >= 0.3 is 43.4 Å². The molecule has 0 spiro atoms. The summed E-state index contributed by atoms with van der Waals surface area (Å²) in [5.74, 6) is 0. The number of hydrogen-bond acceptors (Lipinski definition) is 0. The molecule has 0 saturated carbocycles. The summed E-state index contributed by atoms with van der Waals surface area (Å²) in [5, 5.41) is 0. The largest absolute Gasteiger partial charge is 6.00 e. The van der Waals surface area contributed by atoms with E-state index in [1.807, 2.05) is 0 Å². The van der Waals surface area contributed by atoms with E-state index in [1.54, 1.807) is 0 Å². The van der Waals surface area contributed by atoms with Crippen LogP contribution in [0.5, 0.6) is 0 Å². The van der Waals surface area contributed by atoms with E-state index < -0.39 is 0 Å². The summed E-state index contributed by atoms with van der Waals surface area (Å²) in [7, 11) is 0. The third kappa shape index (κ3) is 166. The van der Waals surface area contributed by atoms with Gasteiger partial charge in [-0.25, -0.2) is 0 Å². The molecule has 0 bridgehead atoms. The third-order valence-electron chi connectivity index (χ3n) is 0. The smallest absolute Gasteiger partial charge is 1.00 e. The van der Waals surface area contributed by atoms with Gasteiger partial charge in [0.25, 0.3) is 0 Å². The zero-order valence-electron chi connectivity index (χ0n) is 5.01. The van der Waals surface area contributed by atoms with Gasteiger partial charge in [0.15, 0.2) is 0 Å². The van der Waals surface area contributed by atoms with Crippen molar-refractivity contribution >= 4 is 0 Å². The molecule has 0 aromatic carbocycles. The molecular formula is Cl11MoTa. The van der Waals surface area contributed by atoms with Crippen molar-refractivity contribution < 1.29 is 180 Å². The van der Waals surface area contributed by atoms with Crippen molar-refractivity contribution in [3.8, 4) is 0 Å². The first-order chi connectivity index (χ1) is 0. The average Bonchev–Trinajstić information content (AvgIpc) is 0. The Labute approximate surface area is 177 Å². The van der Waals surface area contributed by atoms with Crippen molar-refractivity contribution in [3.63, 3.8) is 0 Å². The van der Waals surface area contributed by atoms with Gasteiger partial charge in [-0.05, 0) is 0 Å². The van der Waals surface area contributed by atoms with Gasteiger partial charge in [0, 0.05) is 0 Å². The second-order valence-electron chi connectivity index (χ2n) is 0. The van der Waals surface area contributed by atoms with Crippen LogP contribution in [-0.4, -0.2) is 0 Å². The van der Waals surface area contributed by atoms with Gasteiger partial charge in [-0.1, -0.05) is 0 Å². The van der Waals surface area contributed by atoms with E-state index in [4.69, 9.17) is 0 Å². The molecule has 0 N–H and O–H groups in total. The summed E-state index contributed by atoms with van der Waals surface area (Å²) >= 11 is 0. The molecule has 0 aliphatic rings. The van der Waals surface area contributed by atoms with Crippen LogP contribution in [0.1, 0.15) is 0 Å². The Hall–Kier alpha value is 4.62. The quantitative estimate of drug-likeness (QED) is 0.226. The molecule has 0 aliphatic heterocycles. The summed E-state index contributed by atoms with van der Waals surface area (Å²) in [6, 6.07) is 0. The van der Waals surface area contributed by atoms with E-state index in [0.29, 0.717) is 0 Å². The van der Waals surface area contributed by atoms with Crippen molar-refractivity contribution in [1.82, 2.24) is 0 Å². The Morgan fingerprint density at radius 3 is 0.231 bits per heavy atom. The fourth-order valence-electron chi connectivity index (χ4n) is 0. The molecule has 0 atom stereocenters. The van der Waals surface area contributed by atoms with Crippen molar-refractivity contribution in [2.24, 2.45) is 0 Å². The molecule has 0 heterocycles. The van der Waals surface area contributed by atoms with E-state index in [9.17, 15) is 0 Å². The van der Waals surface area contributed by atoms with Crippen molar-refractivity contribution in [2.75, 3.05) is 0 Å². The van der Waals surface area contributed by atoms with Gasteiger partial charge in [0.1, 0.15) is 0 Å². The molecule has 0 aromatic rings. The Kier molecular flexibility index (Phi) is 3330. The predicted molar refractivity (Wildman–Crippen MR) is 0 cm³/mol. The first kappa shape index (κ1) is 228. The van der Waals surface area contributed by atoms with E-state index in [0.717, 1.165) is 0 Å². The molecular weight excluding hydrogens is 667 g/mol. The molecule has 0 aromatic heterocycles. The predicted octanol–water partition coefficient (Wildman–Crippen LogP) is -33.0. The van der Waals surface area contributed by atoms with Gasteiger partial charge in [-0.2, -0.15) is 0 Å². The number of halogens is 11. The minimum Gasteiger partial charge on any atom is -1.00 e. The number of rotatable bonds is 0. The Balaban J connectivity index is 0. The summed E-state index contributed by atoms with van der Waals surface area (Å²) in [5.41, 5.74) is 0. The first-order valence-electron chi connectivity index (χ1n) is 0. The summed E-state index contributed by atoms with van der Waals surface area (Å²) in [4.78, 5) is 0. The Bertz CT molecular complexity index is 10.1. The van der Waals surface area contributed by atoms with E-state index in [2.05, 4.69) is 0 Å². The molecule has 0 rings (SSSR count). The van der Waals surface area contributed by atoms with Crippen LogP contribution in [0.2, 0.25) is 0 Å². The maximum Gasteiger partial charge on any atom is 6.00 e. The zero-order chi connectivity index (χ0) is 0. The van der Waals surface area contributed by atoms with Gasteiger partial charge < -0.3 is 136 Å². The third-order valence-corrected chi connectivity index (χ3v) is 0. The summed E-state index contributed by atoms with van der Waals surface area (Å²) in [6.45, 7) is 0. The van der Waals surface area contributed by atoms with Crippen LogP contribution in [0.3, 0.4) is 0 Å². The van der Waals surface area contributed by atoms with Gasteiger partial charge in [-0.15, -0.1) is 0 Å². The second-order valence-corrected chi connectivity index (χ2v) is 0. The van der Waals surface area contributed by atoms with Crippen molar-refractivity contribution in [1.29, 1.82) is 0 Å². The van der Waals surface area contributed by atoms with Gasteiger partial charge in [0.2, 0.25) is 0 Å². The van der Waals surface area contributed by atoms with Gasteiger partial charge in [0.05, 0.1) is 0 Å². The Morgan fingerprint density at radius 1 is 0.231 bits per heavy atom. The molecule has 88 valence electrons. The monoisotopic (exact) mass is 664 g/mol. The average molecular weight is 667 g/mol. The van der Waals surface area contributed by atoms with Crippen molar-refractivity contribution in [3.05, 3.63) is 0 Å². The van der Waals surface area contributed by atoms with Crippen LogP contribution < -0.4 is 136 Å². The maximum absolute atomic E-state index is 0. The van der Waals surface area contributed by atoms with E-state index in [-0.39, 0.29) is 180 Å². The van der Waals surface area contributed by atoms with E-state index in [1.165, 1.54) is 0 Å². The van der Waals surface area contributed by atoms with E-state index >= 15 is 0 Å². The van der Waals surface area contributed by atoms with Crippen LogP contribution in [0.15, 0.2) is 0 Å². The molecule has 13 heteroatoms. The summed E-state index contributed by atoms with van der Waals surface area (Å²) in [6.07, 6.45) is 0. The molecule has 0 fully saturated rings. The topological polar surface area (TPSA) is 0 Å². The minimum absolute atomic E-state index is 0. The standard InChI is InChI=1S/11ClH.Mo.Ta/h11*1H;;/q;;;;;;;;;;;+6;+5/p-11. The molecule has 0 radical (unpaired) electrons. The fourth-order valence-corrected chi connectivity index (χ4v) is 0. The first-order valence-corrected chi connectivity index (χ1v) is 0. The normalized spacial score (nSPS) is 0. The molecule has 0 aliphatic carbocycles. The molecule has 0 nitrogen and oxygen atoms in total.